The quantitative estimate of drug-likeness (QED) is 0.345. The van der Waals surface area contributed by atoms with Crippen molar-refractivity contribution >= 4 is 23.9 Å². The minimum absolute atomic E-state index is 0. The first kappa shape index (κ1) is 23.1. The molecule has 0 fully saturated rings. The van der Waals surface area contributed by atoms with Crippen molar-refractivity contribution in [3.05, 3.63) is 0 Å². The standard InChI is InChI=1S/2C2H2O4.La.H3N/c2*3-1(4)2(5)6;;/h2*(H,3,4)(H,5,6);;1H3. The van der Waals surface area contributed by atoms with Gasteiger partial charge in [0.05, 0.1) is 0 Å². The van der Waals surface area contributed by atoms with E-state index < -0.39 is 23.9 Å². The molecule has 10 heteroatoms. The maximum atomic E-state index is 9.10. The third kappa shape index (κ3) is 22.5. The number of carbonyl (C=O) groups excluding carboxylic acids is 1. The Morgan fingerprint density at radius 1 is 0.786 bits per heavy atom. The molecular weight excluding hydrogens is 329 g/mol. The average molecular weight is 336 g/mol. The van der Waals surface area contributed by atoms with Gasteiger partial charge in [0.25, 0.3) is 0 Å². The summed E-state index contributed by atoms with van der Waals surface area (Å²) in [6.07, 6.45) is 0. The van der Waals surface area contributed by atoms with Crippen molar-refractivity contribution in [2.75, 3.05) is 0 Å². The second-order valence-electron chi connectivity index (χ2n) is 1.20. The first-order chi connectivity index (χ1) is 5.29. The number of hydrogen-bond donors (Lipinski definition) is 4. The second-order valence-corrected chi connectivity index (χ2v) is 1.20. The summed E-state index contributed by atoms with van der Waals surface area (Å²) in [6, 6.07) is 0. The van der Waals surface area contributed by atoms with Crippen molar-refractivity contribution in [2.45, 2.75) is 0 Å². The number of rotatable bonds is 0. The third-order valence-corrected chi connectivity index (χ3v) is 0.358. The first-order valence-electron chi connectivity index (χ1n) is 2.19. The molecule has 79 valence electrons. The molecule has 0 spiro atoms. The van der Waals surface area contributed by atoms with Crippen LogP contribution in [0.25, 0.3) is 0 Å². The summed E-state index contributed by atoms with van der Waals surface area (Å²) in [6.45, 7) is 0. The van der Waals surface area contributed by atoms with Crippen molar-refractivity contribution in [3.63, 3.8) is 0 Å². The van der Waals surface area contributed by atoms with Gasteiger partial charge >= 0.3 is 17.9 Å². The summed E-state index contributed by atoms with van der Waals surface area (Å²) < 4.78 is 0. The Labute approximate surface area is 105 Å². The summed E-state index contributed by atoms with van der Waals surface area (Å²) in [4.78, 5) is 36.2. The van der Waals surface area contributed by atoms with Crippen molar-refractivity contribution in [1.29, 1.82) is 0 Å². The van der Waals surface area contributed by atoms with Gasteiger partial charge in [-0.3, -0.25) is 0 Å². The van der Waals surface area contributed by atoms with Crippen molar-refractivity contribution in [2.24, 2.45) is 0 Å². The van der Waals surface area contributed by atoms with E-state index in [1.165, 1.54) is 0 Å². The monoisotopic (exact) mass is 336 g/mol. The fraction of sp³-hybridized carbons (Fsp3) is 0. The van der Waals surface area contributed by atoms with Gasteiger partial charge < -0.3 is 31.4 Å². The van der Waals surface area contributed by atoms with Crippen molar-refractivity contribution in [1.82, 2.24) is 6.15 Å². The Balaban J connectivity index is -0.0000000625. The van der Waals surface area contributed by atoms with Crippen LogP contribution in [0.5, 0.6) is 0 Å². The second kappa shape index (κ2) is 12.0. The van der Waals surface area contributed by atoms with Crippen LogP contribution in [0.2, 0.25) is 0 Å². The van der Waals surface area contributed by atoms with Gasteiger partial charge in [0.2, 0.25) is 0 Å². The minimum Gasteiger partial charge on any atom is -0.539 e. The molecule has 0 saturated carbocycles. The van der Waals surface area contributed by atoms with Gasteiger partial charge in [0, 0.05) is 35.6 Å². The zero-order chi connectivity index (χ0) is 10.3. The Hall–Kier alpha value is -0.965. The summed E-state index contributed by atoms with van der Waals surface area (Å²) >= 11 is 0. The van der Waals surface area contributed by atoms with E-state index in [0.717, 1.165) is 0 Å². The average Bonchev–Trinajstić information content (AvgIpc) is 1.88. The Bertz CT molecular complexity index is 177. The molecule has 14 heavy (non-hydrogen) atoms. The van der Waals surface area contributed by atoms with E-state index >= 15 is 0 Å². The molecular formula is C4H7LaNO8. The molecule has 0 aromatic rings. The molecule has 0 aromatic heterocycles. The molecule has 0 aliphatic rings. The van der Waals surface area contributed by atoms with Gasteiger partial charge in [-0.05, 0) is 0 Å². The molecule has 0 bridgehead atoms. The van der Waals surface area contributed by atoms with Gasteiger partial charge in [-0.15, -0.1) is 0 Å². The van der Waals surface area contributed by atoms with Crippen LogP contribution in [0.1, 0.15) is 0 Å². The molecule has 0 heterocycles. The van der Waals surface area contributed by atoms with Gasteiger partial charge in [0.15, 0.2) is 5.97 Å². The van der Waals surface area contributed by atoms with Gasteiger partial charge in [-0.2, -0.15) is 0 Å². The van der Waals surface area contributed by atoms with Gasteiger partial charge in [-0.25, -0.2) is 14.4 Å². The molecule has 7 N–H and O–H groups in total. The number of quaternary nitrogens is 1. The maximum Gasteiger partial charge on any atom is 0.414 e. The third-order valence-electron chi connectivity index (χ3n) is 0.358. The maximum absolute atomic E-state index is 9.10. The van der Waals surface area contributed by atoms with Crippen molar-refractivity contribution in [3.8, 4) is 0 Å². The molecule has 1 radical (unpaired) electrons. The first-order valence-corrected chi connectivity index (χ1v) is 2.19. The van der Waals surface area contributed by atoms with E-state index in [1.807, 2.05) is 0 Å². The number of hydrogen-bond acceptors (Lipinski definition) is 5. The van der Waals surface area contributed by atoms with Crippen LogP contribution in [-0.4, -0.2) is 39.2 Å². The van der Waals surface area contributed by atoms with Crippen molar-refractivity contribution < 1.29 is 75.2 Å². The molecule has 0 aliphatic carbocycles. The predicted molar refractivity (Wildman–Crippen MR) is 33.9 cm³/mol. The van der Waals surface area contributed by atoms with E-state index in [9.17, 15) is 0 Å². The largest absolute Gasteiger partial charge is 0.539 e. The predicted octanol–water partition coefficient (Wildman–Crippen LogP) is -2.65. The summed E-state index contributed by atoms with van der Waals surface area (Å²) in [5.74, 6) is -7.66. The fourth-order valence-corrected chi connectivity index (χ4v) is 0. The van der Waals surface area contributed by atoms with Crippen LogP contribution >= 0.6 is 0 Å². The molecule has 0 rings (SSSR count). The number of carboxylic acid groups (broad SMARTS) is 4. The Morgan fingerprint density at radius 2 is 0.929 bits per heavy atom. The number of carboxylic acids is 4. The van der Waals surface area contributed by atoms with E-state index in [2.05, 4.69) is 0 Å². The Kier molecular flexibility index (Phi) is 19.9. The molecule has 0 atom stereocenters. The topological polar surface area (TPSA) is 189 Å². The van der Waals surface area contributed by atoms with E-state index in [-0.39, 0.29) is 41.7 Å². The minimum atomic E-state index is -2.07. The van der Waals surface area contributed by atoms with Crippen LogP contribution < -0.4 is 11.3 Å². The van der Waals surface area contributed by atoms with Crippen LogP contribution in [0.4, 0.5) is 0 Å². The summed E-state index contributed by atoms with van der Waals surface area (Å²) in [5, 5.41) is 31.1. The van der Waals surface area contributed by atoms with Gasteiger partial charge in [-0.1, -0.05) is 0 Å². The van der Waals surface area contributed by atoms with Gasteiger partial charge in [0.1, 0.15) is 0 Å². The summed E-state index contributed by atoms with van der Waals surface area (Å²) in [7, 11) is 0. The summed E-state index contributed by atoms with van der Waals surface area (Å²) in [5.41, 5.74) is 0. The zero-order valence-electron chi connectivity index (χ0n) is 6.96. The van der Waals surface area contributed by atoms with Crippen LogP contribution in [-0.2, 0) is 19.2 Å². The molecule has 0 aliphatic heterocycles. The van der Waals surface area contributed by atoms with Crippen LogP contribution in [0.3, 0.4) is 0 Å². The molecule has 9 nitrogen and oxygen atoms in total. The van der Waals surface area contributed by atoms with Crippen LogP contribution in [0.15, 0.2) is 0 Å². The molecule has 0 aromatic carbocycles. The number of aliphatic carboxylic acids is 4. The van der Waals surface area contributed by atoms with E-state index in [0.29, 0.717) is 0 Å². The zero-order valence-corrected chi connectivity index (χ0v) is 10.6. The van der Waals surface area contributed by atoms with Crippen LogP contribution in [0, 0.1) is 35.6 Å². The molecule has 0 unspecified atom stereocenters. The smallest absolute Gasteiger partial charge is 0.414 e. The normalized spacial score (nSPS) is 6.29. The SMILES string of the molecule is O=C(O)C(=O)O.O=C([O-])C(=O)O.[La].[NH4+]. The number of carbonyl (C=O) groups is 4. The molecule has 0 amide bonds. The van der Waals surface area contributed by atoms with E-state index in [4.69, 9.17) is 39.6 Å². The molecule has 0 saturated heterocycles. The Morgan fingerprint density at radius 3 is 0.929 bits per heavy atom. The van der Waals surface area contributed by atoms with E-state index in [1.54, 1.807) is 0 Å². The fourth-order valence-electron chi connectivity index (χ4n) is 0.